The van der Waals surface area contributed by atoms with Crippen molar-refractivity contribution in [1.82, 2.24) is 10.2 Å². The summed E-state index contributed by atoms with van der Waals surface area (Å²) < 4.78 is 34.6. The van der Waals surface area contributed by atoms with Gasteiger partial charge in [-0.1, -0.05) is 47.5 Å². The lowest BCUT2D eigenvalue weighted by molar-refractivity contribution is -0.132. The zero-order chi connectivity index (χ0) is 24.1. The summed E-state index contributed by atoms with van der Waals surface area (Å²) in [6.07, 6.45) is 0.553. The number of ether oxygens (including phenoxy) is 1. The first-order valence-corrected chi connectivity index (χ1v) is 12.7. The van der Waals surface area contributed by atoms with Crippen molar-refractivity contribution in [3.05, 3.63) is 93.5 Å². The van der Waals surface area contributed by atoms with Crippen molar-refractivity contribution in [3.63, 3.8) is 0 Å². The highest BCUT2D eigenvalue weighted by Crippen LogP contribution is 2.64. The third kappa shape index (κ3) is 3.95. The molecule has 0 spiro atoms. The van der Waals surface area contributed by atoms with Gasteiger partial charge in [-0.3, -0.25) is 10.0 Å². The zero-order valence-electron chi connectivity index (χ0n) is 17.7. The van der Waals surface area contributed by atoms with E-state index < -0.39 is 21.5 Å². The Hall–Kier alpha value is -2.62. The summed E-state index contributed by atoms with van der Waals surface area (Å²) in [5.41, 5.74) is 2.99. The number of fused-ring (bicyclic) bond motifs is 3. The molecule has 0 radical (unpaired) electrons. The second-order valence-electron chi connectivity index (χ2n) is 8.44. The molecule has 0 heterocycles. The van der Waals surface area contributed by atoms with Gasteiger partial charge in [-0.25, -0.2) is 13.9 Å². The molecule has 1 amide bonds. The van der Waals surface area contributed by atoms with Crippen LogP contribution in [0, 0.1) is 5.92 Å². The molecule has 1 saturated carbocycles. The van der Waals surface area contributed by atoms with E-state index in [-0.39, 0.29) is 23.3 Å². The molecule has 0 bridgehead atoms. The van der Waals surface area contributed by atoms with Gasteiger partial charge in [0.15, 0.2) is 0 Å². The molecule has 176 valence electrons. The van der Waals surface area contributed by atoms with E-state index in [1.165, 1.54) is 24.3 Å². The number of hydrogen-bond donors (Lipinski definition) is 3. The predicted molar refractivity (Wildman–Crippen MR) is 127 cm³/mol. The topological polar surface area (TPSA) is 105 Å². The van der Waals surface area contributed by atoms with Crippen LogP contribution >= 0.6 is 23.2 Å². The van der Waals surface area contributed by atoms with Crippen molar-refractivity contribution in [2.45, 2.75) is 29.4 Å². The Morgan fingerprint density at radius 2 is 1.74 bits per heavy atom. The number of rotatable bonds is 7. The fourth-order valence-corrected chi connectivity index (χ4v) is 6.90. The summed E-state index contributed by atoms with van der Waals surface area (Å²) in [4.78, 5) is 12.6. The van der Waals surface area contributed by atoms with Gasteiger partial charge in [0.05, 0.1) is 4.90 Å². The van der Waals surface area contributed by atoms with Gasteiger partial charge < -0.3 is 4.74 Å². The normalized spacial score (nSPS) is 22.6. The monoisotopic (exact) mass is 518 g/mol. The van der Waals surface area contributed by atoms with E-state index in [2.05, 4.69) is 4.72 Å². The first-order valence-electron chi connectivity index (χ1n) is 10.5. The Kier molecular flexibility index (Phi) is 5.82. The number of nitrogens with one attached hydrogen (secondary N) is 2. The van der Waals surface area contributed by atoms with E-state index in [1.54, 1.807) is 23.7 Å². The van der Waals surface area contributed by atoms with E-state index in [1.807, 2.05) is 24.3 Å². The van der Waals surface area contributed by atoms with Crippen LogP contribution in [0.15, 0.2) is 71.6 Å². The molecule has 3 atom stereocenters. The molecular formula is C24H20Cl2N2O5S. The Morgan fingerprint density at radius 1 is 1.06 bits per heavy atom. The zero-order valence-corrected chi connectivity index (χ0v) is 20.0. The van der Waals surface area contributed by atoms with Gasteiger partial charge in [0, 0.05) is 21.9 Å². The molecule has 1 fully saturated rings. The minimum atomic E-state index is -4.06. The Bertz CT molecular complexity index is 1360. The van der Waals surface area contributed by atoms with E-state index in [0.717, 1.165) is 16.7 Å². The molecule has 10 heteroatoms. The smallest absolute Gasteiger partial charge is 0.265 e. The van der Waals surface area contributed by atoms with E-state index >= 15 is 0 Å². The van der Waals surface area contributed by atoms with Crippen molar-refractivity contribution in [2.75, 3.05) is 0 Å². The molecule has 34 heavy (non-hydrogen) atoms. The first kappa shape index (κ1) is 23.1. The number of halogens is 2. The third-order valence-electron chi connectivity index (χ3n) is 6.44. The van der Waals surface area contributed by atoms with Crippen molar-refractivity contribution >= 4 is 39.1 Å². The number of sulfonamides is 1. The second kappa shape index (κ2) is 8.55. The summed E-state index contributed by atoms with van der Waals surface area (Å²) in [6.45, 7) is 0.202. The lowest BCUT2D eigenvalue weighted by atomic mass is 9.98. The quantitative estimate of drug-likeness (QED) is 0.323. The van der Waals surface area contributed by atoms with Gasteiger partial charge in [-0.05, 0) is 65.6 Å². The highest BCUT2D eigenvalue weighted by atomic mass is 35.5. The molecule has 1 unspecified atom stereocenters. The molecule has 0 saturated heterocycles. The molecule has 0 aromatic heterocycles. The Morgan fingerprint density at radius 3 is 2.41 bits per heavy atom. The molecule has 3 aromatic rings. The van der Waals surface area contributed by atoms with Gasteiger partial charge in [-0.15, -0.1) is 0 Å². The van der Waals surface area contributed by atoms with Crippen molar-refractivity contribution in [3.8, 4) is 5.75 Å². The van der Waals surface area contributed by atoms with Crippen LogP contribution in [0.25, 0.3) is 0 Å². The maximum absolute atomic E-state index is 13.2. The standard InChI is InChI=1S/C24H20Cl2N2O5S/c25-16-9-14(10-17(26)12-16)13-33-18-5-7-19(8-6-18)34(31,32)28-24(23(29)27-30)21-11-15-3-1-2-4-20(15)22(21)24/h1-10,12,21-22,28,30H,11,13H2,(H,27,29)/t21-,22+,24?/m0/s1. The number of hydrogen-bond acceptors (Lipinski definition) is 5. The van der Waals surface area contributed by atoms with Gasteiger partial charge in [0.1, 0.15) is 17.9 Å². The fraction of sp³-hybridized carbons (Fsp3) is 0.208. The SMILES string of the molecule is O=C(NO)C1(NS(=O)(=O)c2ccc(OCc3cc(Cl)cc(Cl)c3)cc2)[C@@H]2c3ccccc3C[C@@H]21. The molecule has 2 aliphatic rings. The Labute approximate surface area is 206 Å². The minimum absolute atomic E-state index is 0.0194. The molecule has 0 aliphatic heterocycles. The van der Waals surface area contributed by atoms with Crippen molar-refractivity contribution in [2.24, 2.45) is 5.92 Å². The Balaban J connectivity index is 1.33. The summed E-state index contributed by atoms with van der Waals surface area (Å²) in [5.74, 6) is -0.910. The maximum atomic E-state index is 13.2. The van der Waals surface area contributed by atoms with Crippen molar-refractivity contribution in [1.29, 1.82) is 0 Å². The van der Waals surface area contributed by atoms with Crippen LogP contribution in [0.4, 0.5) is 0 Å². The summed E-state index contributed by atoms with van der Waals surface area (Å²) in [6, 6.07) is 18.6. The number of carbonyl (C=O) groups excluding carboxylic acids is 1. The lowest BCUT2D eigenvalue weighted by Crippen LogP contribution is -2.51. The predicted octanol–water partition coefficient (Wildman–Crippen LogP) is 4.06. The fourth-order valence-electron chi connectivity index (χ4n) is 4.91. The second-order valence-corrected chi connectivity index (χ2v) is 11.0. The van der Waals surface area contributed by atoms with Crippen LogP contribution in [-0.4, -0.2) is 25.1 Å². The average Bonchev–Trinajstić information content (AvgIpc) is 3.22. The van der Waals surface area contributed by atoms with Gasteiger partial charge in [-0.2, -0.15) is 4.72 Å². The number of carbonyl (C=O) groups is 1. The summed E-state index contributed by atoms with van der Waals surface area (Å²) in [5, 5.41) is 10.3. The van der Waals surface area contributed by atoms with Gasteiger partial charge >= 0.3 is 0 Å². The molecule has 3 aromatic carbocycles. The highest BCUT2D eigenvalue weighted by molar-refractivity contribution is 7.89. The minimum Gasteiger partial charge on any atom is -0.489 e. The molecule has 5 rings (SSSR count). The van der Waals surface area contributed by atoms with E-state index in [4.69, 9.17) is 27.9 Å². The number of amides is 1. The number of benzene rings is 3. The van der Waals surface area contributed by atoms with Crippen LogP contribution in [0.1, 0.15) is 22.6 Å². The lowest BCUT2D eigenvalue weighted by Gasteiger charge is -2.21. The van der Waals surface area contributed by atoms with Crippen LogP contribution < -0.4 is 14.9 Å². The molecule has 3 N–H and O–H groups in total. The van der Waals surface area contributed by atoms with Crippen LogP contribution in [0.5, 0.6) is 5.75 Å². The van der Waals surface area contributed by atoms with Gasteiger partial charge in [0.25, 0.3) is 5.91 Å². The van der Waals surface area contributed by atoms with E-state index in [9.17, 15) is 18.4 Å². The van der Waals surface area contributed by atoms with Crippen LogP contribution in [0.3, 0.4) is 0 Å². The summed E-state index contributed by atoms with van der Waals surface area (Å²) >= 11 is 12.0. The molecular weight excluding hydrogens is 499 g/mol. The maximum Gasteiger partial charge on any atom is 0.265 e. The first-order chi connectivity index (χ1) is 16.2. The summed E-state index contributed by atoms with van der Waals surface area (Å²) in [7, 11) is -4.06. The van der Waals surface area contributed by atoms with Gasteiger partial charge in [0.2, 0.25) is 10.0 Å². The highest BCUT2D eigenvalue weighted by Gasteiger charge is 2.74. The molecule has 7 nitrogen and oxygen atoms in total. The van der Waals surface area contributed by atoms with Crippen LogP contribution in [0.2, 0.25) is 10.0 Å². The van der Waals surface area contributed by atoms with E-state index in [0.29, 0.717) is 22.2 Å². The molecule has 2 aliphatic carbocycles. The average molecular weight is 519 g/mol. The van der Waals surface area contributed by atoms with Crippen molar-refractivity contribution < 1.29 is 23.2 Å². The third-order valence-corrected chi connectivity index (χ3v) is 8.38. The number of hydroxylamine groups is 1. The van der Waals surface area contributed by atoms with Crippen LogP contribution in [-0.2, 0) is 27.8 Å². The largest absolute Gasteiger partial charge is 0.489 e.